The molecule has 7 heteroatoms. The van der Waals surface area contributed by atoms with E-state index >= 15 is 0 Å². The number of benzene rings is 1. The molecule has 1 heterocycles. The van der Waals surface area contributed by atoms with Gasteiger partial charge in [-0.25, -0.2) is 0 Å². The SMILES string of the molecule is CCNCc1noc(-c2cc(OC)c(OC)cc2OC)n1. The third kappa shape index (κ3) is 3.25. The first kappa shape index (κ1) is 15.1. The largest absolute Gasteiger partial charge is 0.496 e. The number of rotatable bonds is 7. The van der Waals surface area contributed by atoms with Crippen molar-refractivity contribution < 1.29 is 18.7 Å². The molecule has 0 saturated heterocycles. The summed E-state index contributed by atoms with van der Waals surface area (Å²) in [6, 6.07) is 3.48. The van der Waals surface area contributed by atoms with E-state index in [9.17, 15) is 0 Å². The van der Waals surface area contributed by atoms with Gasteiger partial charge < -0.3 is 24.1 Å². The Balaban J connectivity index is 2.39. The molecule has 0 spiro atoms. The van der Waals surface area contributed by atoms with Crippen molar-refractivity contribution in [2.75, 3.05) is 27.9 Å². The van der Waals surface area contributed by atoms with Gasteiger partial charge in [0.2, 0.25) is 0 Å². The summed E-state index contributed by atoms with van der Waals surface area (Å²) in [5, 5.41) is 7.07. The Morgan fingerprint density at radius 2 is 1.71 bits per heavy atom. The summed E-state index contributed by atoms with van der Waals surface area (Å²) in [5.74, 6) is 2.68. The zero-order valence-electron chi connectivity index (χ0n) is 12.6. The fourth-order valence-corrected chi connectivity index (χ4v) is 1.87. The molecule has 0 radical (unpaired) electrons. The van der Waals surface area contributed by atoms with Crippen LogP contribution in [0.25, 0.3) is 11.5 Å². The summed E-state index contributed by atoms with van der Waals surface area (Å²) in [5.41, 5.74) is 0.658. The van der Waals surface area contributed by atoms with Crippen LogP contribution >= 0.6 is 0 Å². The van der Waals surface area contributed by atoms with Gasteiger partial charge in [0.1, 0.15) is 5.75 Å². The Bertz CT molecular complexity index is 598. The maximum atomic E-state index is 5.35. The van der Waals surface area contributed by atoms with Gasteiger partial charge in [-0.2, -0.15) is 4.98 Å². The molecule has 1 N–H and O–H groups in total. The third-order valence-electron chi connectivity index (χ3n) is 2.94. The second-order valence-electron chi connectivity index (χ2n) is 4.20. The van der Waals surface area contributed by atoms with Crippen LogP contribution in [0.1, 0.15) is 12.7 Å². The number of hydrogen-bond donors (Lipinski definition) is 1. The van der Waals surface area contributed by atoms with Gasteiger partial charge in [-0.3, -0.25) is 0 Å². The molecule has 2 aromatic rings. The Hall–Kier alpha value is -2.28. The number of nitrogens with zero attached hydrogens (tertiary/aromatic N) is 2. The smallest absolute Gasteiger partial charge is 0.261 e. The van der Waals surface area contributed by atoms with Crippen LogP contribution in [-0.4, -0.2) is 38.0 Å². The van der Waals surface area contributed by atoms with Gasteiger partial charge in [0, 0.05) is 12.1 Å². The summed E-state index contributed by atoms with van der Waals surface area (Å²) in [4.78, 5) is 4.34. The maximum Gasteiger partial charge on any atom is 0.261 e. The van der Waals surface area contributed by atoms with E-state index in [2.05, 4.69) is 15.5 Å². The van der Waals surface area contributed by atoms with Crippen molar-refractivity contribution in [2.45, 2.75) is 13.5 Å². The Labute approximate surface area is 123 Å². The first-order valence-corrected chi connectivity index (χ1v) is 6.57. The van der Waals surface area contributed by atoms with Crippen LogP contribution in [0.15, 0.2) is 16.7 Å². The molecule has 0 atom stereocenters. The summed E-state index contributed by atoms with van der Waals surface area (Å²) in [7, 11) is 4.71. The number of nitrogens with one attached hydrogen (secondary N) is 1. The van der Waals surface area contributed by atoms with E-state index in [1.54, 1.807) is 33.5 Å². The van der Waals surface area contributed by atoms with Crippen molar-refractivity contribution in [3.05, 3.63) is 18.0 Å². The lowest BCUT2D eigenvalue weighted by molar-refractivity contribution is 0.348. The first-order chi connectivity index (χ1) is 10.2. The molecule has 0 fully saturated rings. The highest BCUT2D eigenvalue weighted by Gasteiger charge is 2.18. The van der Waals surface area contributed by atoms with Crippen LogP contribution in [0, 0.1) is 0 Å². The van der Waals surface area contributed by atoms with E-state index in [-0.39, 0.29) is 0 Å². The fourth-order valence-electron chi connectivity index (χ4n) is 1.87. The average Bonchev–Trinajstić information content (AvgIpc) is 3.00. The molecule has 0 amide bonds. The van der Waals surface area contributed by atoms with E-state index in [4.69, 9.17) is 18.7 Å². The second kappa shape index (κ2) is 6.94. The standard InChI is InChI=1S/C14H19N3O4/c1-5-15-8-13-16-14(21-17-13)9-6-11(19-3)12(20-4)7-10(9)18-2/h6-7,15H,5,8H2,1-4H3. The van der Waals surface area contributed by atoms with Crippen LogP contribution in [0.2, 0.25) is 0 Å². The fraction of sp³-hybridized carbons (Fsp3) is 0.429. The maximum absolute atomic E-state index is 5.35. The van der Waals surface area contributed by atoms with Gasteiger partial charge in [-0.05, 0) is 6.54 Å². The molecule has 0 bridgehead atoms. The zero-order chi connectivity index (χ0) is 15.2. The summed E-state index contributed by atoms with van der Waals surface area (Å²) >= 11 is 0. The van der Waals surface area contributed by atoms with E-state index in [0.29, 0.717) is 41.1 Å². The van der Waals surface area contributed by atoms with Crippen LogP contribution in [-0.2, 0) is 6.54 Å². The molecule has 1 aromatic heterocycles. The normalized spacial score (nSPS) is 10.5. The Kier molecular flexibility index (Phi) is 4.99. The molecule has 0 aliphatic heterocycles. The molecular weight excluding hydrogens is 274 g/mol. The van der Waals surface area contributed by atoms with E-state index in [1.165, 1.54) is 0 Å². The minimum absolute atomic E-state index is 0.376. The summed E-state index contributed by atoms with van der Waals surface area (Å²) < 4.78 is 21.2. The highest BCUT2D eigenvalue weighted by molar-refractivity contribution is 5.68. The van der Waals surface area contributed by atoms with Crippen molar-refractivity contribution in [2.24, 2.45) is 0 Å². The Morgan fingerprint density at radius 3 is 2.33 bits per heavy atom. The number of hydrogen-bond acceptors (Lipinski definition) is 7. The van der Waals surface area contributed by atoms with Gasteiger partial charge in [-0.1, -0.05) is 12.1 Å². The van der Waals surface area contributed by atoms with Crippen LogP contribution in [0.4, 0.5) is 0 Å². The lowest BCUT2D eigenvalue weighted by Gasteiger charge is -2.11. The molecule has 7 nitrogen and oxygen atoms in total. The van der Waals surface area contributed by atoms with Gasteiger partial charge in [0.15, 0.2) is 17.3 Å². The quantitative estimate of drug-likeness (QED) is 0.834. The number of aromatic nitrogens is 2. The molecule has 0 aliphatic carbocycles. The molecule has 0 saturated carbocycles. The first-order valence-electron chi connectivity index (χ1n) is 6.57. The van der Waals surface area contributed by atoms with Crippen molar-refractivity contribution in [1.82, 2.24) is 15.5 Å². The third-order valence-corrected chi connectivity index (χ3v) is 2.94. The lowest BCUT2D eigenvalue weighted by Crippen LogP contribution is -2.12. The van der Waals surface area contributed by atoms with Gasteiger partial charge in [0.25, 0.3) is 5.89 Å². The van der Waals surface area contributed by atoms with Crippen molar-refractivity contribution >= 4 is 0 Å². The molecule has 21 heavy (non-hydrogen) atoms. The zero-order valence-corrected chi connectivity index (χ0v) is 12.6. The van der Waals surface area contributed by atoms with Crippen molar-refractivity contribution in [1.29, 1.82) is 0 Å². The molecule has 0 unspecified atom stereocenters. The van der Waals surface area contributed by atoms with Gasteiger partial charge in [-0.15, -0.1) is 0 Å². The predicted molar refractivity (Wildman–Crippen MR) is 76.8 cm³/mol. The predicted octanol–water partition coefficient (Wildman–Crippen LogP) is 1.87. The van der Waals surface area contributed by atoms with Crippen LogP contribution in [0.5, 0.6) is 17.2 Å². The highest BCUT2D eigenvalue weighted by Crippen LogP contribution is 2.39. The highest BCUT2D eigenvalue weighted by atomic mass is 16.5. The minimum Gasteiger partial charge on any atom is -0.496 e. The van der Waals surface area contributed by atoms with Gasteiger partial charge >= 0.3 is 0 Å². The molecule has 0 aliphatic rings. The van der Waals surface area contributed by atoms with Crippen molar-refractivity contribution in [3.8, 4) is 28.7 Å². The molecule has 1 aromatic carbocycles. The van der Waals surface area contributed by atoms with Crippen molar-refractivity contribution in [3.63, 3.8) is 0 Å². The Morgan fingerprint density at radius 1 is 1.05 bits per heavy atom. The minimum atomic E-state index is 0.376. The summed E-state index contributed by atoms with van der Waals surface area (Å²) in [6.07, 6.45) is 0. The molecular formula is C14H19N3O4. The molecule has 2 rings (SSSR count). The monoisotopic (exact) mass is 293 g/mol. The molecule has 114 valence electrons. The number of ether oxygens (including phenoxy) is 3. The summed E-state index contributed by atoms with van der Waals surface area (Å²) in [6.45, 7) is 3.40. The average molecular weight is 293 g/mol. The lowest BCUT2D eigenvalue weighted by atomic mass is 10.1. The second-order valence-corrected chi connectivity index (χ2v) is 4.20. The van der Waals surface area contributed by atoms with E-state index in [0.717, 1.165) is 6.54 Å². The topological polar surface area (TPSA) is 78.6 Å². The van der Waals surface area contributed by atoms with Crippen LogP contribution < -0.4 is 19.5 Å². The van der Waals surface area contributed by atoms with E-state index < -0.39 is 0 Å². The van der Waals surface area contributed by atoms with Gasteiger partial charge in [0.05, 0.1) is 33.4 Å². The van der Waals surface area contributed by atoms with E-state index in [1.807, 2.05) is 6.92 Å². The number of methoxy groups -OCH3 is 3. The van der Waals surface area contributed by atoms with Crippen LogP contribution in [0.3, 0.4) is 0 Å².